The summed E-state index contributed by atoms with van der Waals surface area (Å²) in [5.74, 6) is 2.92. The van der Waals surface area contributed by atoms with Crippen LogP contribution in [0, 0.1) is 28.6 Å². The van der Waals surface area contributed by atoms with Gasteiger partial charge in [0, 0.05) is 0 Å². The predicted octanol–water partition coefficient (Wildman–Crippen LogP) is 5.28. The van der Waals surface area contributed by atoms with E-state index in [4.69, 9.17) is 0 Å². The van der Waals surface area contributed by atoms with Crippen LogP contribution in [-0.2, 0) is 0 Å². The SMILES string of the molecule is CC1C2CCCCC(C)(C)C2CCC1(C)C. The molecule has 0 N–H and O–H groups in total. The molecule has 2 fully saturated rings. The van der Waals surface area contributed by atoms with Crippen molar-refractivity contribution in [2.45, 2.75) is 73.1 Å². The fourth-order valence-corrected chi connectivity index (χ4v) is 4.46. The Hall–Kier alpha value is 0. The van der Waals surface area contributed by atoms with Crippen LogP contribution >= 0.6 is 0 Å². The van der Waals surface area contributed by atoms with Crippen LogP contribution < -0.4 is 0 Å². The van der Waals surface area contributed by atoms with E-state index in [-0.39, 0.29) is 0 Å². The molecule has 3 unspecified atom stereocenters. The molecule has 0 spiro atoms. The lowest BCUT2D eigenvalue weighted by molar-refractivity contribution is -0.0131. The van der Waals surface area contributed by atoms with Gasteiger partial charge in [0.1, 0.15) is 0 Å². The molecule has 0 aromatic heterocycles. The molecule has 0 heterocycles. The van der Waals surface area contributed by atoms with Crippen molar-refractivity contribution in [2.75, 3.05) is 0 Å². The van der Waals surface area contributed by atoms with Crippen LogP contribution in [0.1, 0.15) is 73.1 Å². The normalized spacial score (nSPS) is 42.2. The second-order valence-electron chi connectivity index (χ2n) is 7.82. The Balaban J connectivity index is 2.24. The van der Waals surface area contributed by atoms with E-state index in [1.54, 1.807) is 0 Å². The van der Waals surface area contributed by atoms with Crippen molar-refractivity contribution in [2.24, 2.45) is 28.6 Å². The van der Waals surface area contributed by atoms with Gasteiger partial charge in [0.05, 0.1) is 0 Å². The van der Waals surface area contributed by atoms with E-state index in [0.717, 1.165) is 17.8 Å². The van der Waals surface area contributed by atoms with Crippen molar-refractivity contribution < 1.29 is 0 Å². The molecule has 94 valence electrons. The zero-order valence-corrected chi connectivity index (χ0v) is 12.0. The lowest BCUT2D eigenvalue weighted by atomic mass is 9.54. The molecule has 0 aliphatic heterocycles. The lowest BCUT2D eigenvalue weighted by Gasteiger charge is -2.51. The van der Waals surface area contributed by atoms with Gasteiger partial charge in [-0.15, -0.1) is 0 Å². The molecule has 0 heteroatoms. The quantitative estimate of drug-likeness (QED) is 0.523. The highest BCUT2D eigenvalue weighted by atomic mass is 14.5. The molecule has 16 heavy (non-hydrogen) atoms. The average molecular weight is 222 g/mol. The minimum Gasteiger partial charge on any atom is -0.0617 e. The molecule has 0 bridgehead atoms. The second kappa shape index (κ2) is 4.03. The summed E-state index contributed by atoms with van der Waals surface area (Å²) in [5, 5.41) is 0. The van der Waals surface area contributed by atoms with E-state index in [2.05, 4.69) is 34.6 Å². The largest absolute Gasteiger partial charge is 0.0617 e. The van der Waals surface area contributed by atoms with Gasteiger partial charge < -0.3 is 0 Å². The minimum absolute atomic E-state index is 0.585. The average Bonchev–Trinajstić information content (AvgIpc) is 2.32. The summed E-state index contributed by atoms with van der Waals surface area (Å²) in [6, 6.07) is 0. The van der Waals surface area contributed by atoms with Crippen LogP contribution in [0.5, 0.6) is 0 Å². The van der Waals surface area contributed by atoms with E-state index in [1.165, 1.54) is 38.5 Å². The van der Waals surface area contributed by atoms with E-state index in [1.807, 2.05) is 0 Å². The van der Waals surface area contributed by atoms with Gasteiger partial charge in [-0.2, -0.15) is 0 Å². The molecule has 0 radical (unpaired) electrons. The molecule has 2 aliphatic carbocycles. The van der Waals surface area contributed by atoms with Crippen LogP contribution in [0.25, 0.3) is 0 Å². The number of hydrogen-bond donors (Lipinski definition) is 0. The zero-order valence-electron chi connectivity index (χ0n) is 12.0. The highest BCUT2D eigenvalue weighted by Crippen LogP contribution is 2.56. The van der Waals surface area contributed by atoms with Crippen LogP contribution in [0.4, 0.5) is 0 Å². The maximum Gasteiger partial charge on any atom is -0.0323 e. The van der Waals surface area contributed by atoms with Crippen molar-refractivity contribution >= 4 is 0 Å². The van der Waals surface area contributed by atoms with Crippen LogP contribution in [-0.4, -0.2) is 0 Å². The standard InChI is InChI=1S/C16H30/c1-12-13-8-6-7-10-16(4,5)14(13)9-11-15(12,2)3/h12-14H,6-11H2,1-5H3. The Bertz CT molecular complexity index is 249. The molecular formula is C16H30. The van der Waals surface area contributed by atoms with Crippen LogP contribution in [0.2, 0.25) is 0 Å². The molecule has 0 aromatic rings. The van der Waals surface area contributed by atoms with Gasteiger partial charge in [-0.3, -0.25) is 0 Å². The third-order valence-electron chi connectivity index (χ3n) is 6.10. The fourth-order valence-electron chi connectivity index (χ4n) is 4.46. The Kier molecular flexibility index (Phi) is 3.14. The van der Waals surface area contributed by atoms with E-state index >= 15 is 0 Å². The molecule has 0 saturated heterocycles. The van der Waals surface area contributed by atoms with Crippen molar-refractivity contribution in [3.05, 3.63) is 0 Å². The fraction of sp³-hybridized carbons (Fsp3) is 1.00. The van der Waals surface area contributed by atoms with Gasteiger partial charge in [0.25, 0.3) is 0 Å². The molecule has 2 aliphatic rings. The summed E-state index contributed by atoms with van der Waals surface area (Å²) in [5.41, 5.74) is 1.19. The first-order chi connectivity index (χ1) is 7.34. The minimum atomic E-state index is 0.585. The van der Waals surface area contributed by atoms with Gasteiger partial charge in [-0.05, 0) is 54.3 Å². The van der Waals surface area contributed by atoms with Gasteiger partial charge in [0.15, 0.2) is 0 Å². The van der Waals surface area contributed by atoms with E-state index in [0.29, 0.717) is 10.8 Å². The third-order valence-corrected chi connectivity index (χ3v) is 6.10. The summed E-state index contributed by atoms with van der Waals surface area (Å²) in [7, 11) is 0. The summed E-state index contributed by atoms with van der Waals surface area (Å²) < 4.78 is 0. The predicted molar refractivity (Wildman–Crippen MR) is 71.4 cm³/mol. The first-order valence-electron chi connectivity index (χ1n) is 7.34. The molecule has 0 amide bonds. The first-order valence-corrected chi connectivity index (χ1v) is 7.34. The maximum absolute atomic E-state index is 2.53. The topological polar surface area (TPSA) is 0 Å². The van der Waals surface area contributed by atoms with E-state index in [9.17, 15) is 0 Å². The molecule has 0 aromatic carbocycles. The smallest absolute Gasteiger partial charge is 0.0323 e. The highest BCUT2D eigenvalue weighted by molar-refractivity contribution is 4.96. The third kappa shape index (κ3) is 2.05. The Labute approximate surface area is 102 Å². The molecule has 0 nitrogen and oxygen atoms in total. The van der Waals surface area contributed by atoms with Gasteiger partial charge in [-0.1, -0.05) is 47.5 Å². The maximum atomic E-state index is 2.53. The van der Waals surface area contributed by atoms with Gasteiger partial charge in [-0.25, -0.2) is 0 Å². The van der Waals surface area contributed by atoms with Crippen LogP contribution in [0.15, 0.2) is 0 Å². The molecule has 2 saturated carbocycles. The zero-order chi connectivity index (χ0) is 12.0. The lowest BCUT2D eigenvalue weighted by Crippen LogP contribution is -2.42. The molecule has 2 rings (SSSR count). The second-order valence-corrected chi connectivity index (χ2v) is 7.82. The summed E-state index contributed by atoms with van der Waals surface area (Å²) in [6.45, 7) is 12.6. The van der Waals surface area contributed by atoms with Gasteiger partial charge in [0.2, 0.25) is 0 Å². The Morgan fingerprint density at radius 3 is 2.19 bits per heavy atom. The van der Waals surface area contributed by atoms with Crippen molar-refractivity contribution in [3.8, 4) is 0 Å². The summed E-state index contributed by atoms with van der Waals surface area (Å²) >= 11 is 0. The Morgan fingerprint density at radius 1 is 0.812 bits per heavy atom. The van der Waals surface area contributed by atoms with Gasteiger partial charge >= 0.3 is 0 Å². The first kappa shape index (κ1) is 12.5. The highest BCUT2D eigenvalue weighted by Gasteiger charge is 2.46. The van der Waals surface area contributed by atoms with Crippen molar-refractivity contribution in [3.63, 3.8) is 0 Å². The molecular weight excluding hydrogens is 192 g/mol. The summed E-state index contributed by atoms with van der Waals surface area (Å²) in [4.78, 5) is 0. The number of fused-ring (bicyclic) bond motifs is 1. The van der Waals surface area contributed by atoms with E-state index < -0.39 is 0 Å². The Morgan fingerprint density at radius 2 is 1.50 bits per heavy atom. The number of hydrogen-bond acceptors (Lipinski definition) is 0. The van der Waals surface area contributed by atoms with Crippen molar-refractivity contribution in [1.29, 1.82) is 0 Å². The van der Waals surface area contributed by atoms with Crippen LogP contribution in [0.3, 0.4) is 0 Å². The number of rotatable bonds is 0. The summed E-state index contributed by atoms with van der Waals surface area (Å²) in [6.07, 6.45) is 8.83. The monoisotopic (exact) mass is 222 g/mol. The molecule has 3 atom stereocenters. The van der Waals surface area contributed by atoms with Crippen molar-refractivity contribution in [1.82, 2.24) is 0 Å².